The Labute approximate surface area is 92.8 Å². The Morgan fingerprint density at radius 2 is 2.29 bits per heavy atom. The van der Waals surface area contributed by atoms with E-state index in [0.29, 0.717) is 5.92 Å². The highest BCUT2D eigenvalue weighted by molar-refractivity contribution is 9.10. The average Bonchev–Trinajstić information content (AvgIpc) is 2.43. The predicted octanol–water partition coefficient (Wildman–Crippen LogP) is 2.53. The minimum Gasteiger partial charge on any atom is -0.490 e. The van der Waals surface area contributed by atoms with Gasteiger partial charge in [0.25, 0.3) is 0 Å². The second-order valence-electron chi connectivity index (χ2n) is 3.67. The molecule has 1 N–H and O–H groups in total. The number of hydrogen-bond acceptors (Lipinski definition) is 2. The Hall–Kier alpha value is -0.540. The van der Waals surface area contributed by atoms with Crippen LogP contribution in [0.25, 0.3) is 0 Å². The molecule has 1 heterocycles. The molecule has 0 spiro atoms. The first-order valence-corrected chi connectivity index (χ1v) is 5.62. The van der Waals surface area contributed by atoms with Gasteiger partial charge < -0.3 is 10.1 Å². The van der Waals surface area contributed by atoms with Crippen molar-refractivity contribution in [1.29, 1.82) is 0 Å². The number of fused-ring (bicyclic) bond motifs is 1. The molecule has 76 valence electrons. The summed E-state index contributed by atoms with van der Waals surface area (Å²) in [7, 11) is 1.98. The van der Waals surface area contributed by atoms with E-state index in [2.05, 4.69) is 40.3 Å². The molecule has 0 bridgehead atoms. The lowest BCUT2D eigenvalue weighted by Crippen LogP contribution is -2.24. The molecule has 1 aliphatic heterocycles. The van der Waals surface area contributed by atoms with Crippen LogP contribution in [0.5, 0.6) is 5.75 Å². The smallest absolute Gasteiger partial charge is 0.124 e. The molecule has 1 aliphatic rings. The maximum Gasteiger partial charge on any atom is 0.124 e. The van der Waals surface area contributed by atoms with Crippen LogP contribution in [0.1, 0.15) is 18.4 Å². The van der Waals surface area contributed by atoms with E-state index >= 15 is 0 Å². The van der Waals surface area contributed by atoms with Crippen molar-refractivity contribution in [2.45, 2.75) is 18.9 Å². The van der Waals surface area contributed by atoms with Crippen molar-refractivity contribution in [3.8, 4) is 5.75 Å². The van der Waals surface area contributed by atoms with Crippen molar-refractivity contribution < 1.29 is 4.74 Å². The number of nitrogens with one attached hydrogen (secondary N) is 1. The quantitative estimate of drug-likeness (QED) is 0.877. The van der Waals surface area contributed by atoms with Crippen LogP contribution in [-0.2, 0) is 0 Å². The molecule has 0 aliphatic carbocycles. The standard InChI is InChI=1S/C11H14BrNO/c1-7-10(6-13-2)9-4-3-8(12)5-11(9)14-7/h3-5,7,10,13H,6H2,1-2H3. The largest absolute Gasteiger partial charge is 0.490 e. The van der Waals surface area contributed by atoms with E-state index in [0.717, 1.165) is 16.8 Å². The highest BCUT2D eigenvalue weighted by Crippen LogP contribution is 2.39. The Bertz CT molecular complexity index is 340. The minimum atomic E-state index is 0.270. The molecule has 0 saturated carbocycles. The highest BCUT2D eigenvalue weighted by atomic mass is 79.9. The first kappa shape index (κ1) is 9.99. The maximum atomic E-state index is 5.78. The third-order valence-corrected chi connectivity index (χ3v) is 3.17. The second kappa shape index (κ2) is 3.91. The lowest BCUT2D eigenvalue weighted by Gasteiger charge is -2.13. The van der Waals surface area contributed by atoms with Crippen molar-refractivity contribution >= 4 is 15.9 Å². The van der Waals surface area contributed by atoms with Crippen molar-refractivity contribution in [2.75, 3.05) is 13.6 Å². The molecule has 0 amide bonds. The van der Waals surface area contributed by atoms with Gasteiger partial charge in [-0.1, -0.05) is 22.0 Å². The van der Waals surface area contributed by atoms with Gasteiger partial charge in [-0.2, -0.15) is 0 Å². The molecule has 14 heavy (non-hydrogen) atoms. The van der Waals surface area contributed by atoms with Crippen LogP contribution in [0.2, 0.25) is 0 Å². The van der Waals surface area contributed by atoms with Gasteiger partial charge in [0, 0.05) is 22.5 Å². The number of benzene rings is 1. The molecule has 2 unspecified atom stereocenters. The Morgan fingerprint density at radius 1 is 1.50 bits per heavy atom. The van der Waals surface area contributed by atoms with Crippen molar-refractivity contribution in [3.63, 3.8) is 0 Å². The molecule has 2 atom stereocenters. The summed E-state index contributed by atoms with van der Waals surface area (Å²) < 4.78 is 6.86. The summed E-state index contributed by atoms with van der Waals surface area (Å²) in [5.41, 5.74) is 1.31. The van der Waals surface area contributed by atoms with Gasteiger partial charge in [0.2, 0.25) is 0 Å². The molecular weight excluding hydrogens is 242 g/mol. The Balaban J connectivity index is 2.33. The molecule has 2 rings (SSSR count). The molecule has 1 aromatic carbocycles. The van der Waals surface area contributed by atoms with Gasteiger partial charge in [-0.3, -0.25) is 0 Å². The van der Waals surface area contributed by atoms with E-state index in [4.69, 9.17) is 4.74 Å². The molecule has 0 fully saturated rings. The monoisotopic (exact) mass is 255 g/mol. The number of rotatable bonds is 2. The first-order chi connectivity index (χ1) is 6.72. The second-order valence-corrected chi connectivity index (χ2v) is 4.58. The summed E-state index contributed by atoms with van der Waals surface area (Å²) in [6.07, 6.45) is 0.270. The van der Waals surface area contributed by atoms with Crippen LogP contribution in [-0.4, -0.2) is 19.7 Å². The Morgan fingerprint density at radius 3 is 3.00 bits per heavy atom. The third-order valence-electron chi connectivity index (χ3n) is 2.68. The Kier molecular flexibility index (Phi) is 2.79. The van der Waals surface area contributed by atoms with Crippen LogP contribution < -0.4 is 10.1 Å². The van der Waals surface area contributed by atoms with Crippen molar-refractivity contribution in [1.82, 2.24) is 5.32 Å². The van der Waals surface area contributed by atoms with Gasteiger partial charge in [0.1, 0.15) is 11.9 Å². The lowest BCUT2D eigenvalue weighted by atomic mass is 9.96. The van der Waals surface area contributed by atoms with E-state index in [1.54, 1.807) is 0 Å². The van der Waals surface area contributed by atoms with Gasteiger partial charge in [-0.05, 0) is 26.1 Å². The zero-order chi connectivity index (χ0) is 10.1. The van der Waals surface area contributed by atoms with E-state index < -0.39 is 0 Å². The van der Waals surface area contributed by atoms with E-state index in [9.17, 15) is 0 Å². The number of likely N-dealkylation sites (N-methyl/N-ethyl adjacent to an activating group) is 1. The summed E-state index contributed by atoms with van der Waals surface area (Å²) in [4.78, 5) is 0. The van der Waals surface area contributed by atoms with Gasteiger partial charge in [0.15, 0.2) is 0 Å². The maximum absolute atomic E-state index is 5.78. The lowest BCUT2D eigenvalue weighted by molar-refractivity contribution is 0.225. The molecular formula is C11H14BrNO. The van der Waals surface area contributed by atoms with Crippen LogP contribution in [0, 0.1) is 0 Å². The normalized spacial score (nSPS) is 24.5. The van der Waals surface area contributed by atoms with Gasteiger partial charge in [-0.25, -0.2) is 0 Å². The fourth-order valence-corrected chi connectivity index (χ4v) is 2.29. The van der Waals surface area contributed by atoms with E-state index in [-0.39, 0.29) is 6.10 Å². The van der Waals surface area contributed by atoms with Crippen LogP contribution >= 0.6 is 15.9 Å². The summed E-state index contributed by atoms with van der Waals surface area (Å²) in [5.74, 6) is 1.50. The van der Waals surface area contributed by atoms with Gasteiger partial charge in [-0.15, -0.1) is 0 Å². The molecule has 0 aromatic heterocycles. The van der Waals surface area contributed by atoms with Crippen molar-refractivity contribution in [2.24, 2.45) is 0 Å². The third kappa shape index (κ3) is 1.66. The SMILES string of the molecule is CNCC1c2ccc(Br)cc2OC1C. The molecule has 3 heteroatoms. The highest BCUT2D eigenvalue weighted by Gasteiger charge is 2.30. The number of hydrogen-bond donors (Lipinski definition) is 1. The fraction of sp³-hybridized carbons (Fsp3) is 0.455. The minimum absolute atomic E-state index is 0.270. The van der Waals surface area contributed by atoms with E-state index in [1.807, 2.05) is 13.1 Å². The topological polar surface area (TPSA) is 21.3 Å². The van der Waals surface area contributed by atoms with Crippen LogP contribution in [0.3, 0.4) is 0 Å². The van der Waals surface area contributed by atoms with Crippen LogP contribution in [0.4, 0.5) is 0 Å². The van der Waals surface area contributed by atoms with Crippen molar-refractivity contribution in [3.05, 3.63) is 28.2 Å². The number of ether oxygens (including phenoxy) is 1. The zero-order valence-corrected chi connectivity index (χ0v) is 9.97. The summed E-state index contributed by atoms with van der Waals surface area (Å²) in [5, 5.41) is 3.20. The molecule has 0 radical (unpaired) electrons. The van der Waals surface area contributed by atoms with E-state index in [1.165, 1.54) is 5.56 Å². The summed E-state index contributed by atoms with van der Waals surface area (Å²) >= 11 is 3.45. The average molecular weight is 256 g/mol. The molecule has 1 aromatic rings. The van der Waals surface area contributed by atoms with Crippen LogP contribution in [0.15, 0.2) is 22.7 Å². The molecule has 2 nitrogen and oxygen atoms in total. The summed E-state index contributed by atoms with van der Waals surface area (Å²) in [6.45, 7) is 3.09. The van der Waals surface area contributed by atoms with Gasteiger partial charge >= 0.3 is 0 Å². The predicted molar refractivity (Wildman–Crippen MR) is 60.9 cm³/mol. The fourth-order valence-electron chi connectivity index (χ4n) is 1.95. The zero-order valence-electron chi connectivity index (χ0n) is 8.38. The molecule has 0 saturated heterocycles. The summed E-state index contributed by atoms with van der Waals surface area (Å²) in [6, 6.07) is 6.26. The number of halogens is 1. The van der Waals surface area contributed by atoms with Gasteiger partial charge in [0.05, 0.1) is 0 Å². The first-order valence-electron chi connectivity index (χ1n) is 4.83.